The minimum Gasteiger partial charge on any atom is -0.311 e. The number of hydrogen-bond donors (Lipinski definition) is 1. The molecule has 0 bridgehead atoms. The summed E-state index contributed by atoms with van der Waals surface area (Å²) in [5, 5.41) is 3.63. The Hall–Kier alpha value is -0.890. The van der Waals surface area contributed by atoms with Crippen molar-refractivity contribution in [3.05, 3.63) is 30.1 Å². The Morgan fingerprint density at radius 3 is 2.38 bits per heavy atom. The third-order valence-electron chi connectivity index (χ3n) is 3.64. The number of nitrogens with zero attached hydrogens (tertiary/aromatic N) is 1. The summed E-state index contributed by atoms with van der Waals surface area (Å²) >= 11 is 0. The number of pyridine rings is 1. The zero-order chi connectivity index (χ0) is 11.8. The van der Waals surface area contributed by atoms with Crippen LogP contribution in [0.3, 0.4) is 0 Å². The van der Waals surface area contributed by atoms with E-state index in [0.29, 0.717) is 5.41 Å². The molecule has 0 amide bonds. The first-order valence-corrected chi connectivity index (χ1v) is 6.10. The molecule has 16 heavy (non-hydrogen) atoms. The van der Waals surface area contributed by atoms with E-state index < -0.39 is 0 Å². The zero-order valence-corrected chi connectivity index (χ0v) is 10.7. The van der Waals surface area contributed by atoms with Gasteiger partial charge in [-0.05, 0) is 50.8 Å². The van der Waals surface area contributed by atoms with Gasteiger partial charge in [-0.1, -0.05) is 6.92 Å². The molecule has 0 aliphatic heterocycles. The molecule has 0 saturated heterocycles. The highest BCUT2D eigenvalue weighted by Crippen LogP contribution is 2.53. The van der Waals surface area contributed by atoms with E-state index in [1.807, 2.05) is 12.4 Å². The fourth-order valence-corrected chi connectivity index (χ4v) is 2.35. The summed E-state index contributed by atoms with van der Waals surface area (Å²) in [6.07, 6.45) is 5.10. The molecule has 2 nitrogen and oxygen atoms in total. The molecule has 1 N–H and O–H groups in total. The van der Waals surface area contributed by atoms with Crippen LogP contribution in [-0.2, 0) is 5.41 Å². The van der Waals surface area contributed by atoms with E-state index in [-0.39, 0.29) is 5.54 Å². The lowest BCUT2D eigenvalue weighted by Gasteiger charge is -2.26. The average Bonchev–Trinajstić information content (AvgIpc) is 2.89. The fourth-order valence-electron chi connectivity index (χ4n) is 2.35. The van der Waals surface area contributed by atoms with E-state index in [0.717, 1.165) is 12.5 Å². The average molecular weight is 218 g/mol. The van der Waals surface area contributed by atoms with Crippen molar-refractivity contribution in [2.45, 2.75) is 45.1 Å². The lowest BCUT2D eigenvalue weighted by molar-refractivity contribution is 0.392. The van der Waals surface area contributed by atoms with Gasteiger partial charge in [0.15, 0.2) is 0 Å². The van der Waals surface area contributed by atoms with Gasteiger partial charge in [0.2, 0.25) is 0 Å². The number of rotatable bonds is 3. The fraction of sp³-hybridized carbons (Fsp3) is 0.643. The van der Waals surface area contributed by atoms with Crippen molar-refractivity contribution in [2.75, 3.05) is 6.54 Å². The van der Waals surface area contributed by atoms with Crippen LogP contribution in [0.25, 0.3) is 0 Å². The molecule has 2 unspecified atom stereocenters. The Balaban J connectivity index is 2.10. The first-order valence-electron chi connectivity index (χ1n) is 6.10. The monoisotopic (exact) mass is 218 g/mol. The highest BCUT2D eigenvalue weighted by Gasteiger charge is 2.52. The first-order chi connectivity index (χ1) is 7.44. The molecule has 0 spiro atoms. The summed E-state index contributed by atoms with van der Waals surface area (Å²) in [4.78, 5) is 4.10. The number of nitrogens with one attached hydrogen (secondary N) is 1. The van der Waals surface area contributed by atoms with Crippen molar-refractivity contribution < 1.29 is 0 Å². The highest BCUT2D eigenvalue weighted by atomic mass is 15.0. The van der Waals surface area contributed by atoms with Gasteiger partial charge >= 0.3 is 0 Å². The van der Waals surface area contributed by atoms with E-state index >= 15 is 0 Å². The second kappa shape index (κ2) is 3.85. The minimum atomic E-state index is 0.197. The predicted molar refractivity (Wildman–Crippen MR) is 67.5 cm³/mol. The standard InChI is InChI=1S/C14H22N2/c1-11-9-14(11,10-16-13(2,3)4)12-5-7-15-8-6-12/h5-8,11,16H,9-10H2,1-4H3. The maximum absolute atomic E-state index is 4.10. The van der Waals surface area contributed by atoms with Gasteiger partial charge in [-0.15, -0.1) is 0 Å². The van der Waals surface area contributed by atoms with Crippen molar-refractivity contribution in [3.8, 4) is 0 Å². The molecular formula is C14H22N2. The van der Waals surface area contributed by atoms with Crippen molar-refractivity contribution in [1.29, 1.82) is 0 Å². The molecule has 2 rings (SSSR count). The molecule has 2 atom stereocenters. The molecule has 1 heterocycles. The van der Waals surface area contributed by atoms with Crippen molar-refractivity contribution in [3.63, 3.8) is 0 Å². The van der Waals surface area contributed by atoms with Crippen LogP contribution in [0.15, 0.2) is 24.5 Å². The SMILES string of the molecule is CC1CC1(CNC(C)(C)C)c1ccncc1. The molecule has 1 aromatic rings. The van der Waals surface area contributed by atoms with Crippen LogP contribution in [0.5, 0.6) is 0 Å². The molecular weight excluding hydrogens is 196 g/mol. The largest absolute Gasteiger partial charge is 0.311 e. The maximum atomic E-state index is 4.10. The maximum Gasteiger partial charge on any atom is 0.0270 e. The van der Waals surface area contributed by atoms with Crippen LogP contribution < -0.4 is 5.32 Å². The Bertz CT molecular complexity index is 353. The molecule has 1 aliphatic carbocycles. The van der Waals surface area contributed by atoms with Gasteiger partial charge in [0.25, 0.3) is 0 Å². The van der Waals surface area contributed by atoms with Gasteiger partial charge in [0, 0.05) is 29.9 Å². The summed E-state index contributed by atoms with van der Waals surface area (Å²) in [7, 11) is 0. The van der Waals surface area contributed by atoms with Gasteiger partial charge in [-0.2, -0.15) is 0 Å². The van der Waals surface area contributed by atoms with Crippen LogP contribution in [-0.4, -0.2) is 17.1 Å². The normalized spacial score (nSPS) is 29.1. The summed E-state index contributed by atoms with van der Waals surface area (Å²) in [6, 6.07) is 4.32. The van der Waals surface area contributed by atoms with E-state index in [4.69, 9.17) is 0 Å². The Morgan fingerprint density at radius 1 is 1.38 bits per heavy atom. The second-order valence-electron chi connectivity index (χ2n) is 6.10. The smallest absolute Gasteiger partial charge is 0.0270 e. The predicted octanol–water partition coefficient (Wildman–Crippen LogP) is 2.75. The quantitative estimate of drug-likeness (QED) is 0.844. The summed E-state index contributed by atoms with van der Waals surface area (Å²) in [5.74, 6) is 0.782. The van der Waals surface area contributed by atoms with Crippen LogP contribution in [0.2, 0.25) is 0 Å². The minimum absolute atomic E-state index is 0.197. The summed E-state index contributed by atoms with van der Waals surface area (Å²) in [6.45, 7) is 10.1. The van der Waals surface area contributed by atoms with E-state index in [9.17, 15) is 0 Å². The number of aromatic nitrogens is 1. The zero-order valence-electron chi connectivity index (χ0n) is 10.7. The first kappa shape index (κ1) is 11.6. The van der Waals surface area contributed by atoms with Gasteiger partial charge in [-0.25, -0.2) is 0 Å². The van der Waals surface area contributed by atoms with Gasteiger partial charge in [0.05, 0.1) is 0 Å². The van der Waals surface area contributed by atoms with Crippen molar-refractivity contribution >= 4 is 0 Å². The summed E-state index contributed by atoms with van der Waals surface area (Å²) in [5.41, 5.74) is 1.99. The van der Waals surface area contributed by atoms with Crippen molar-refractivity contribution in [1.82, 2.24) is 10.3 Å². The second-order valence-corrected chi connectivity index (χ2v) is 6.10. The summed E-state index contributed by atoms with van der Waals surface area (Å²) < 4.78 is 0. The van der Waals surface area contributed by atoms with Crippen LogP contribution in [0, 0.1) is 5.92 Å². The Labute approximate surface area is 98.5 Å². The molecule has 1 fully saturated rings. The van der Waals surface area contributed by atoms with E-state index in [2.05, 4.69) is 50.1 Å². The highest BCUT2D eigenvalue weighted by molar-refractivity contribution is 5.32. The molecule has 0 radical (unpaired) electrons. The Kier molecular flexibility index (Phi) is 2.79. The lowest BCUT2D eigenvalue weighted by Crippen LogP contribution is -2.41. The van der Waals surface area contributed by atoms with Gasteiger partial charge in [0.1, 0.15) is 0 Å². The van der Waals surface area contributed by atoms with Gasteiger partial charge < -0.3 is 5.32 Å². The third-order valence-corrected chi connectivity index (χ3v) is 3.64. The molecule has 0 aromatic carbocycles. The van der Waals surface area contributed by atoms with E-state index in [1.165, 1.54) is 12.0 Å². The molecule has 88 valence electrons. The van der Waals surface area contributed by atoms with Crippen LogP contribution in [0.1, 0.15) is 39.7 Å². The number of hydrogen-bond acceptors (Lipinski definition) is 2. The van der Waals surface area contributed by atoms with Crippen LogP contribution >= 0.6 is 0 Å². The molecule has 2 heteroatoms. The molecule has 1 aliphatic rings. The Morgan fingerprint density at radius 2 is 1.94 bits per heavy atom. The van der Waals surface area contributed by atoms with Crippen molar-refractivity contribution in [2.24, 2.45) is 5.92 Å². The molecule has 1 aromatic heterocycles. The van der Waals surface area contributed by atoms with Crippen LogP contribution in [0.4, 0.5) is 0 Å². The van der Waals surface area contributed by atoms with Gasteiger partial charge in [-0.3, -0.25) is 4.98 Å². The third kappa shape index (κ3) is 2.27. The molecule has 1 saturated carbocycles. The lowest BCUT2D eigenvalue weighted by atomic mass is 9.93. The van der Waals surface area contributed by atoms with E-state index in [1.54, 1.807) is 0 Å². The topological polar surface area (TPSA) is 24.9 Å².